The van der Waals surface area contributed by atoms with E-state index in [-0.39, 0.29) is 0 Å². The molecule has 0 aliphatic carbocycles. The van der Waals surface area contributed by atoms with Crippen LogP contribution in [0.5, 0.6) is 5.75 Å². The van der Waals surface area contributed by atoms with Gasteiger partial charge in [0.2, 0.25) is 0 Å². The van der Waals surface area contributed by atoms with Gasteiger partial charge in [-0.15, -0.1) is 0 Å². The van der Waals surface area contributed by atoms with Crippen LogP contribution in [-0.4, -0.2) is 13.7 Å². The van der Waals surface area contributed by atoms with Gasteiger partial charge in [-0.3, -0.25) is 0 Å². The zero-order chi connectivity index (χ0) is 12.5. The number of nitrogens with one attached hydrogen (secondary N) is 1. The van der Waals surface area contributed by atoms with Crippen LogP contribution in [0.2, 0.25) is 0 Å². The lowest BCUT2D eigenvalue weighted by atomic mass is 10.1. The van der Waals surface area contributed by atoms with Crippen molar-refractivity contribution < 1.29 is 4.74 Å². The summed E-state index contributed by atoms with van der Waals surface area (Å²) in [5.74, 6) is 0.983. The fourth-order valence-electron chi connectivity index (χ4n) is 1.95. The summed E-state index contributed by atoms with van der Waals surface area (Å²) in [6.45, 7) is 6.35. The summed E-state index contributed by atoms with van der Waals surface area (Å²) in [4.78, 5) is 0. The van der Waals surface area contributed by atoms with Crippen molar-refractivity contribution in [1.29, 1.82) is 0 Å². The van der Waals surface area contributed by atoms with Crippen molar-refractivity contribution in [3.8, 4) is 5.75 Å². The Morgan fingerprint density at radius 3 is 2.71 bits per heavy atom. The van der Waals surface area contributed by atoms with Gasteiger partial charge in [-0.05, 0) is 26.0 Å². The molecule has 0 spiro atoms. The molecule has 0 amide bonds. The van der Waals surface area contributed by atoms with Crippen molar-refractivity contribution in [2.24, 2.45) is 0 Å². The maximum absolute atomic E-state index is 5.36. The van der Waals surface area contributed by atoms with Crippen LogP contribution in [0, 0.1) is 6.92 Å². The highest BCUT2D eigenvalue weighted by Crippen LogP contribution is 2.19. The van der Waals surface area contributed by atoms with E-state index in [2.05, 4.69) is 31.3 Å². The highest BCUT2D eigenvalue weighted by molar-refractivity contribution is 5.36. The highest BCUT2D eigenvalue weighted by Gasteiger charge is 2.02. The van der Waals surface area contributed by atoms with Crippen LogP contribution < -0.4 is 10.1 Å². The minimum atomic E-state index is 0.900. The van der Waals surface area contributed by atoms with Crippen LogP contribution in [0.3, 0.4) is 0 Å². The molecule has 1 aromatic rings. The molecule has 0 aliphatic heterocycles. The molecule has 0 atom stereocenters. The van der Waals surface area contributed by atoms with E-state index in [0.717, 1.165) is 18.8 Å². The second-order valence-corrected chi connectivity index (χ2v) is 4.55. The van der Waals surface area contributed by atoms with Gasteiger partial charge < -0.3 is 10.1 Å². The lowest BCUT2D eigenvalue weighted by Gasteiger charge is -2.10. The SMILES string of the molecule is CCCCCCNCc1cc(C)ccc1OC. The van der Waals surface area contributed by atoms with Gasteiger partial charge in [0, 0.05) is 12.1 Å². The number of unbranched alkanes of at least 4 members (excludes halogenated alkanes) is 3. The number of aryl methyl sites for hydroxylation is 1. The first kappa shape index (κ1) is 14.0. The minimum absolute atomic E-state index is 0.900. The molecule has 0 aromatic heterocycles. The fraction of sp³-hybridized carbons (Fsp3) is 0.600. The van der Waals surface area contributed by atoms with Gasteiger partial charge >= 0.3 is 0 Å². The van der Waals surface area contributed by atoms with Crippen LogP contribution in [0.25, 0.3) is 0 Å². The maximum atomic E-state index is 5.36. The van der Waals surface area contributed by atoms with Gasteiger partial charge in [0.1, 0.15) is 5.75 Å². The maximum Gasteiger partial charge on any atom is 0.123 e. The average Bonchev–Trinajstić information content (AvgIpc) is 2.34. The van der Waals surface area contributed by atoms with Crippen LogP contribution in [0.1, 0.15) is 43.7 Å². The molecule has 0 fully saturated rings. The number of rotatable bonds is 8. The van der Waals surface area contributed by atoms with Gasteiger partial charge in [-0.2, -0.15) is 0 Å². The van der Waals surface area contributed by atoms with E-state index in [1.165, 1.54) is 36.8 Å². The summed E-state index contributed by atoms with van der Waals surface area (Å²) in [6, 6.07) is 6.32. The predicted octanol–water partition coefficient (Wildman–Crippen LogP) is 3.67. The number of methoxy groups -OCH3 is 1. The van der Waals surface area contributed by atoms with Gasteiger partial charge in [0.05, 0.1) is 7.11 Å². The first-order chi connectivity index (χ1) is 8.27. The molecule has 0 aliphatic rings. The molecule has 2 heteroatoms. The van der Waals surface area contributed by atoms with E-state index >= 15 is 0 Å². The number of hydrogen-bond acceptors (Lipinski definition) is 2. The van der Waals surface area contributed by atoms with Crippen LogP contribution >= 0.6 is 0 Å². The Morgan fingerprint density at radius 2 is 2.00 bits per heavy atom. The Hall–Kier alpha value is -1.02. The summed E-state index contributed by atoms with van der Waals surface area (Å²) >= 11 is 0. The van der Waals surface area contributed by atoms with Crippen molar-refractivity contribution in [2.75, 3.05) is 13.7 Å². The fourth-order valence-corrected chi connectivity index (χ4v) is 1.95. The Kier molecular flexibility index (Phi) is 6.71. The molecular formula is C15H25NO. The van der Waals surface area contributed by atoms with Gasteiger partial charge in [0.25, 0.3) is 0 Å². The molecule has 0 unspecified atom stereocenters. The molecule has 0 heterocycles. The number of hydrogen-bond donors (Lipinski definition) is 1. The summed E-state index contributed by atoms with van der Waals surface area (Å²) in [5, 5.41) is 3.48. The van der Waals surface area contributed by atoms with Crippen LogP contribution in [0.15, 0.2) is 18.2 Å². The van der Waals surface area contributed by atoms with Crippen molar-refractivity contribution in [3.05, 3.63) is 29.3 Å². The summed E-state index contributed by atoms with van der Waals surface area (Å²) in [7, 11) is 1.73. The molecule has 0 saturated carbocycles. The lowest BCUT2D eigenvalue weighted by molar-refractivity contribution is 0.407. The standard InChI is InChI=1S/C15H25NO/c1-4-5-6-7-10-16-12-14-11-13(2)8-9-15(14)17-3/h8-9,11,16H,4-7,10,12H2,1-3H3. The Bertz CT molecular complexity index is 323. The Labute approximate surface area is 105 Å². The van der Waals surface area contributed by atoms with Crippen molar-refractivity contribution >= 4 is 0 Å². The number of ether oxygens (including phenoxy) is 1. The van der Waals surface area contributed by atoms with Gasteiger partial charge in [0.15, 0.2) is 0 Å². The second-order valence-electron chi connectivity index (χ2n) is 4.55. The van der Waals surface area contributed by atoms with Crippen molar-refractivity contribution in [3.63, 3.8) is 0 Å². The predicted molar refractivity (Wildman–Crippen MR) is 73.6 cm³/mol. The molecule has 96 valence electrons. The Balaban J connectivity index is 2.32. The second kappa shape index (κ2) is 8.13. The van der Waals surface area contributed by atoms with Crippen molar-refractivity contribution in [1.82, 2.24) is 5.32 Å². The van der Waals surface area contributed by atoms with E-state index in [9.17, 15) is 0 Å². The van der Waals surface area contributed by atoms with Gasteiger partial charge in [-0.25, -0.2) is 0 Å². The van der Waals surface area contributed by atoms with E-state index in [1.807, 2.05) is 6.07 Å². The normalized spacial score (nSPS) is 10.5. The van der Waals surface area contributed by atoms with E-state index < -0.39 is 0 Å². The lowest BCUT2D eigenvalue weighted by Crippen LogP contribution is -2.15. The highest BCUT2D eigenvalue weighted by atomic mass is 16.5. The molecule has 17 heavy (non-hydrogen) atoms. The molecular weight excluding hydrogens is 210 g/mol. The third-order valence-corrected chi connectivity index (χ3v) is 2.96. The molecule has 0 bridgehead atoms. The smallest absolute Gasteiger partial charge is 0.123 e. The van der Waals surface area contributed by atoms with E-state index in [4.69, 9.17) is 4.74 Å². The minimum Gasteiger partial charge on any atom is -0.496 e. The van der Waals surface area contributed by atoms with Crippen molar-refractivity contribution in [2.45, 2.75) is 46.1 Å². The molecule has 1 aromatic carbocycles. The third-order valence-electron chi connectivity index (χ3n) is 2.96. The third kappa shape index (κ3) is 5.22. The zero-order valence-electron chi connectivity index (χ0n) is 11.4. The molecule has 0 saturated heterocycles. The van der Waals surface area contributed by atoms with Gasteiger partial charge in [-0.1, -0.05) is 43.9 Å². The first-order valence-corrected chi connectivity index (χ1v) is 6.62. The molecule has 1 N–H and O–H groups in total. The molecule has 1 rings (SSSR count). The largest absolute Gasteiger partial charge is 0.496 e. The summed E-state index contributed by atoms with van der Waals surface area (Å²) < 4.78 is 5.36. The summed E-state index contributed by atoms with van der Waals surface area (Å²) in [6.07, 6.45) is 5.23. The van der Waals surface area contributed by atoms with Crippen LogP contribution in [-0.2, 0) is 6.54 Å². The Morgan fingerprint density at radius 1 is 1.18 bits per heavy atom. The van der Waals surface area contributed by atoms with E-state index in [0.29, 0.717) is 0 Å². The molecule has 2 nitrogen and oxygen atoms in total. The number of benzene rings is 1. The van der Waals surface area contributed by atoms with E-state index in [1.54, 1.807) is 7.11 Å². The summed E-state index contributed by atoms with van der Waals surface area (Å²) in [5.41, 5.74) is 2.54. The quantitative estimate of drug-likeness (QED) is 0.694. The monoisotopic (exact) mass is 235 g/mol. The van der Waals surface area contributed by atoms with Crippen LogP contribution in [0.4, 0.5) is 0 Å². The zero-order valence-corrected chi connectivity index (χ0v) is 11.4. The average molecular weight is 235 g/mol. The topological polar surface area (TPSA) is 21.3 Å². The molecule has 0 radical (unpaired) electrons. The first-order valence-electron chi connectivity index (χ1n) is 6.62.